The van der Waals surface area contributed by atoms with E-state index in [1.165, 1.54) is 14.2 Å². The molecule has 0 heterocycles. The van der Waals surface area contributed by atoms with Gasteiger partial charge < -0.3 is 20.4 Å². The van der Waals surface area contributed by atoms with Crippen molar-refractivity contribution in [1.29, 1.82) is 0 Å². The Bertz CT molecular complexity index is 666. The van der Waals surface area contributed by atoms with Gasteiger partial charge in [0.15, 0.2) is 0 Å². The molecule has 15 heteroatoms. The number of unbranched alkanes of at least 4 members (excludes halogenated alkanes) is 2. The van der Waals surface area contributed by atoms with Crippen molar-refractivity contribution in [1.82, 2.24) is 0 Å². The van der Waals surface area contributed by atoms with Gasteiger partial charge in [0.25, 0.3) is 0 Å². The van der Waals surface area contributed by atoms with E-state index in [2.05, 4.69) is 48.6 Å². The first-order chi connectivity index (χ1) is 20.2. The molecular weight excluding hydrogens is 711 g/mol. The molecule has 0 aliphatic rings. The Morgan fingerprint density at radius 1 is 0.628 bits per heavy atom. The zero-order chi connectivity index (χ0) is 34.6. The Balaban J connectivity index is -0.000000146. The summed E-state index contributed by atoms with van der Waals surface area (Å²) in [5.74, 6) is -3.74. The quantitative estimate of drug-likeness (QED) is 0.0460. The van der Waals surface area contributed by atoms with Crippen LogP contribution in [-0.4, -0.2) is 103 Å². The molecule has 2 atom stereocenters. The number of carboxylic acids is 4. The van der Waals surface area contributed by atoms with Crippen LogP contribution >= 0.6 is 25.3 Å². The SMILES string of the molecule is CCCCC(CC)C(=O)O.CCCCC(CC)C(=O)O.COC(=O)C[CH2][Sn][CH2]CC(=O)OC.O=C(O)CS.O=C(O)CS. The Labute approximate surface area is 278 Å². The van der Waals surface area contributed by atoms with Gasteiger partial charge in [0.2, 0.25) is 0 Å². The summed E-state index contributed by atoms with van der Waals surface area (Å²) in [7, 11) is 2.78. The van der Waals surface area contributed by atoms with Gasteiger partial charge >= 0.3 is 112 Å². The molecule has 2 unspecified atom stereocenters. The molecule has 12 nitrogen and oxygen atoms in total. The van der Waals surface area contributed by atoms with Crippen molar-refractivity contribution in [2.24, 2.45) is 11.8 Å². The first-order valence-electron chi connectivity index (χ1n) is 14.1. The molecule has 43 heavy (non-hydrogen) atoms. The molecule has 0 aromatic heterocycles. The Morgan fingerprint density at radius 2 is 0.907 bits per heavy atom. The molecule has 0 bridgehead atoms. The van der Waals surface area contributed by atoms with E-state index in [4.69, 9.17) is 20.4 Å². The van der Waals surface area contributed by atoms with Crippen LogP contribution in [0.2, 0.25) is 8.87 Å². The third-order valence-electron chi connectivity index (χ3n) is 5.23. The van der Waals surface area contributed by atoms with Crippen LogP contribution in [0.4, 0.5) is 0 Å². The van der Waals surface area contributed by atoms with Crippen molar-refractivity contribution in [2.45, 2.75) is 101 Å². The fourth-order valence-electron chi connectivity index (χ4n) is 2.62. The zero-order valence-electron chi connectivity index (χ0n) is 26.5. The van der Waals surface area contributed by atoms with E-state index in [9.17, 15) is 28.8 Å². The van der Waals surface area contributed by atoms with Crippen LogP contribution in [-0.2, 0) is 38.2 Å². The molecule has 0 saturated carbocycles. The van der Waals surface area contributed by atoms with Crippen molar-refractivity contribution in [3.63, 3.8) is 0 Å². The van der Waals surface area contributed by atoms with Crippen molar-refractivity contribution in [2.75, 3.05) is 25.7 Å². The van der Waals surface area contributed by atoms with Gasteiger partial charge in [-0.3, -0.25) is 19.2 Å². The summed E-state index contributed by atoms with van der Waals surface area (Å²) in [5.41, 5.74) is 0. The molecule has 0 fully saturated rings. The topological polar surface area (TPSA) is 202 Å². The second kappa shape index (κ2) is 40.3. The van der Waals surface area contributed by atoms with Gasteiger partial charge in [-0.25, -0.2) is 0 Å². The van der Waals surface area contributed by atoms with E-state index in [1.807, 2.05) is 13.8 Å². The fraction of sp³-hybridized carbons (Fsp3) is 0.786. The number of carbonyl (C=O) groups is 6. The molecule has 0 amide bonds. The van der Waals surface area contributed by atoms with E-state index >= 15 is 0 Å². The van der Waals surface area contributed by atoms with E-state index < -0.39 is 45.0 Å². The minimum absolute atomic E-state index is 0.0833. The van der Waals surface area contributed by atoms with Crippen molar-refractivity contribution < 1.29 is 58.7 Å². The van der Waals surface area contributed by atoms with Gasteiger partial charge in [-0.15, -0.1) is 0 Å². The van der Waals surface area contributed by atoms with Crippen LogP contribution in [0.25, 0.3) is 0 Å². The number of hydrogen-bond donors (Lipinski definition) is 6. The average molecular weight is 766 g/mol. The number of methoxy groups -OCH3 is 2. The van der Waals surface area contributed by atoms with Crippen LogP contribution in [0.1, 0.15) is 91.9 Å². The average Bonchev–Trinajstić information content (AvgIpc) is 2.98. The summed E-state index contributed by atoms with van der Waals surface area (Å²) in [5, 5.41) is 32.5. The summed E-state index contributed by atoms with van der Waals surface area (Å²) < 4.78 is 10.9. The first kappa shape index (κ1) is 50.9. The summed E-state index contributed by atoms with van der Waals surface area (Å²) >= 11 is 6.28. The van der Waals surface area contributed by atoms with Crippen molar-refractivity contribution >= 4 is 82.2 Å². The van der Waals surface area contributed by atoms with E-state index in [-0.39, 0.29) is 35.3 Å². The number of ether oxygens (including phenoxy) is 2. The first-order valence-corrected chi connectivity index (χ1v) is 19.4. The standard InChI is InChI=1S/2C8H16O2.2C4H7O2.2C2H4O2S.Sn/c2*1-3-5-6-7(4-2)8(9)10;2*1-3-4(5)6-2;2*3-2(4)1-5;/h2*7H,3-6H2,1-2H3,(H,9,10);2*1,3H2,2H3;2*5H,1H2,(H,3,4);. The third-order valence-corrected chi connectivity index (χ3v) is 9.22. The van der Waals surface area contributed by atoms with Crippen LogP contribution in [0, 0.1) is 11.8 Å². The smallest absolute Gasteiger partial charge is 0.313 e. The number of hydrogen-bond acceptors (Lipinski definition) is 10. The van der Waals surface area contributed by atoms with Gasteiger partial charge in [0.1, 0.15) is 0 Å². The molecular formula is C28H54O12S2Sn. The number of esters is 2. The minimum atomic E-state index is -0.881. The Morgan fingerprint density at radius 3 is 1.07 bits per heavy atom. The molecule has 0 aromatic rings. The Kier molecular flexibility index (Phi) is 47.7. The normalized spacial score (nSPS) is 10.6. The number of aliphatic carboxylic acids is 4. The number of carboxylic acid groups (broad SMARTS) is 4. The zero-order valence-corrected chi connectivity index (χ0v) is 31.1. The second-order valence-electron chi connectivity index (χ2n) is 8.68. The van der Waals surface area contributed by atoms with E-state index in [1.54, 1.807) is 0 Å². The molecule has 0 rings (SSSR count). The number of thiol groups is 2. The second-order valence-corrected chi connectivity index (χ2v) is 13.6. The maximum absolute atomic E-state index is 10.7. The summed E-state index contributed by atoms with van der Waals surface area (Å²) in [6, 6.07) is 0. The van der Waals surface area contributed by atoms with E-state index in [0.717, 1.165) is 60.2 Å². The predicted molar refractivity (Wildman–Crippen MR) is 173 cm³/mol. The minimum Gasteiger partial charge on any atom is -0.481 e. The molecule has 2 radical (unpaired) electrons. The van der Waals surface area contributed by atoms with Crippen LogP contribution < -0.4 is 0 Å². The van der Waals surface area contributed by atoms with Crippen LogP contribution in [0.15, 0.2) is 0 Å². The maximum atomic E-state index is 10.7. The predicted octanol–water partition coefficient (Wildman–Crippen LogP) is 5.23. The van der Waals surface area contributed by atoms with Gasteiger partial charge in [0.05, 0.1) is 23.3 Å². The van der Waals surface area contributed by atoms with Gasteiger partial charge in [-0.2, -0.15) is 25.3 Å². The van der Waals surface area contributed by atoms with E-state index in [0.29, 0.717) is 12.8 Å². The Hall–Kier alpha value is -1.68. The largest absolute Gasteiger partial charge is 0.481 e. The van der Waals surface area contributed by atoms with Crippen molar-refractivity contribution in [3.8, 4) is 0 Å². The number of carbonyl (C=O) groups excluding carboxylic acids is 2. The molecule has 0 spiro atoms. The van der Waals surface area contributed by atoms with Crippen LogP contribution in [0.5, 0.6) is 0 Å². The summed E-state index contributed by atoms with van der Waals surface area (Å²) in [4.78, 5) is 60.8. The molecule has 0 aromatic carbocycles. The number of rotatable bonds is 18. The molecule has 0 aliphatic carbocycles. The molecule has 0 aliphatic heterocycles. The van der Waals surface area contributed by atoms with Gasteiger partial charge in [0, 0.05) is 0 Å². The maximum Gasteiger partial charge on any atom is 0.313 e. The molecule has 0 saturated heterocycles. The van der Waals surface area contributed by atoms with Crippen LogP contribution in [0.3, 0.4) is 0 Å². The van der Waals surface area contributed by atoms with Crippen molar-refractivity contribution in [3.05, 3.63) is 0 Å². The fourth-order valence-corrected chi connectivity index (χ4v) is 5.50. The van der Waals surface area contributed by atoms with Gasteiger partial charge in [-0.05, 0) is 25.7 Å². The monoisotopic (exact) mass is 766 g/mol. The van der Waals surface area contributed by atoms with Gasteiger partial charge in [-0.1, -0.05) is 53.4 Å². The summed E-state index contributed by atoms with van der Waals surface area (Å²) in [6.45, 7) is 8.01. The molecule has 4 N–H and O–H groups in total. The summed E-state index contributed by atoms with van der Waals surface area (Å²) in [6.07, 6.45) is 8.44. The third kappa shape index (κ3) is 50.3. The molecule has 254 valence electrons.